The van der Waals surface area contributed by atoms with Gasteiger partial charge in [0.1, 0.15) is 11.6 Å². The molecule has 0 saturated carbocycles. The third kappa shape index (κ3) is 7.40. The maximum atomic E-state index is 14.3. The minimum absolute atomic E-state index is 0. The fraction of sp³-hybridized carbons (Fsp3) is 0.238. The van der Waals surface area contributed by atoms with E-state index in [-0.39, 0.29) is 26.9 Å². The minimum Gasteiger partial charge on any atom is -0.509 e. The molecule has 4 aromatic carbocycles. The molecule has 0 radical (unpaired) electrons. The molecule has 3 heterocycles. The SMILES string of the molecule is CC(C)CCc1cccc(CCC(C)C)c1-c1cnn(-c2[c-]c(Oc3[c-]c4c(cc3)c3ccccc3n4-c3cc(F)ccn3)ccc2)c1.[Pt+2]. The normalized spacial score (nSPS) is 11.5. The Morgan fingerprint density at radius 2 is 1.49 bits per heavy atom. The first-order chi connectivity index (χ1) is 23.3. The number of hydrogen-bond donors (Lipinski definition) is 0. The van der Waals surface area contributed by atoms with E-state index in [0.717, 1.165) is 58.7 Å². The van der Waals surface area contributed by atoms with Gasteiger partial charge in [-0.25, -0.2) is 9.37 Å². The third-order valence-electron chi connectivity index (χ3n) is 8.80. The molecular weight excluding hydrogens is 791 g/mol. The number of ether oxygens (including phenoxy) is 1. The van der Waals surface area contributed by atoms with Gasteiger partial charge in [0.15, 0.2) is 0 Å². The molecule has 5 nitrogen and oxygen atoms in total. The summed E-state index contributed by atoms with van der Waals surface area (Å²) in [4.78, 5) is 4.46. The maximum Gasteiger partial charge on any atom is 2.00 e. The molecule has 0 amide bonds. The van der Waals surface area contributed by atoms with Gasteiger partial charge < -0.3 is 9.30 Å². The zero-order chi connectivity index (χ0) is 33.2. The maximum absolute atomic E-state index is 14.3. The number of aryl methyl sites for hydroxylation is 2. The quantitative estimate of drug-likeness (QED) is 0.122. The van der Waals surface area contributed by atoms with Gasteiger partial charge in [0.2, 0.25) is 0 Å². The Kier molecular flexibility index (Phi) is 10.5. The molecule has 0 saturated heterocycles. The van der Waals surface area contributed by atoms with E-state index in [1.165, 1.54) is 35.0 Å². The van der Waals surface area contributed by atoms with Gasteiger partial charge in [0, 0.05) is 41.0 Å². The molecule has 0 bridgehead atoms. The summed E-state index contributed by atoms with van der Waals surface area (Å²) in [5.41, 5.74) is 7.63. The van der Waals surface area contributed by atoms with E-state index in [0.29, 0.717) is 29.2 Å². The average molecular weight is 830 g/mol. The van der Waals surface area contributed by atoms with Gasteiger partial charge in [-0.3, -0.25) is 4.68 Å². The summed E-state index contributed by atoms with van der Waals surface area (Å²) in [6.45, 7) is 9.12. The zero-order valence-corrected chi connectivity index (χ0v) is 30.5. The van der Waals surface area contributed by atoms with Crippen molar-refractivity contribution in [3.8, 4) is 34.1 Å². The van der Waals surface area contributed by atoms with Crippen molar-refractivity contribution in [2.45, 2.75) is 53.4 Å². The van der Waals surface area contributed by atoms with Gasteiger partial charge in [0.25, 0.3) is 0 Å². The molecule has 7 aromatic rings. The summed E-state index contributed by atoms with van der Waals surface area (Å²) >= 11 is 0. The van der Waals surface area contributed by atoms with Crippen LogP contribution in [0.15, 0.2) is 104 Å². The predicted molar refractivity (Wildman–Crippen MR) is 192 cm³/mol. The van der Waals surface area contributed by atoms with Crippen molar-refractivity contribution >= 4 is 21.8 Å². The Morgan fingerprint density at radius 3 is 2.22 bits per heavy atom. The molecule has 0 aliphatic carbocycles. The van der Waals surface area contributed by atoms with Crippen molar-refractivity contribution in [2.75, 3.05) is 0 Å². The number of benzene rings is 4. The second-order valence-corrected chi connectivity index (χ2v) is 13.3. The van der Waals surface area contributed by atoms with Crippen molar-refractivity contribution in [3.05, 3.63) is 133 Å². The number of fused-ring (bicyclic) bond motifs is 3. The van der Waals surface area contributed by atoms with Crippen molar-refractivity contribution in [3.63, 3.8) is 0 Å². The van der Waals surface area contributed by atoms with E-state index in [4.69, 9.17) is 9.84 Å². The van der Waals surface area contributed by atoms with Crippen molar-refractivity contribution < 1.29 is 30.2 Å². The Hall–Kier alpha value is -4.54. The predicted octanol–water partition coefficient (Wildman–Crippen LogP) is 10.7. The molecule has 0 aliphatic heterocycles. The second-order valence-electron chi connectivity index (χ2n) is 13.3. The fourth-order valence-electron chi connectivity index (χ4n) is 6.35. The van der Waals surface area contributed by atoms with E-state index in [9.17, 15) is 4.39 Å². The summed E-state index contributed by atoms with van der Waals surface area (Å²) in [5.74, 6) is 2.47. The summed E-state index contributed by atoms with van der Waals surface area (Å²) in [6.07, 6.45) is 9.91. The molecular formula is C42H39FN4OPt. The zero-order valence-electron chi connectivity index (χ0n) is 28.2. The van der Waals surface area contributed by atoms with Crippen LogP contribution in [0.25, 0.3) is 44.4 Å². The summed E-state index contributed by atoms with van der Waals surface area (Å²) in [7, 11) is 0. The van der Waals surface area contributed by atoms with Gasteiger partial charge in [-0.1, -0.05) is 69.6 Å². The van der Waals surface area contributed by atoms with Crippen LogP contribution in [0.2, 0.25) is 0 Å². The van der Waals surface area contributed by atoms with Crippen LogP contribution in [0.3, 0.4) is 0 Å². The topological polar surface area (TPSA) is 44.9 Å². The van der Waals surface area contributed by atoms with Crippen molar-refractivity contribution in [1.29, 1.82) is 0 Å². The van der Waals surface area contributed by atoms with Crippen LogP contribution in [-0.4, -0.2) is 19.3 Å². The smallest absolute Gasteiger partial charge is 0.509 e. The van der Waals surface area contributed by atoms with Crippen LogP contribution in [0, 0.1) is 29.8 Å². The number of hydrogen-bond acceptors (Lipinski definition) is 3. The van der Waals surface area contributed by atoms with Gasteiger partial charge in [-0.05, 0) is 77.4 Å². The number of rotatable bonds is 11. The van der Waals surface area contributed by atoms with E-state index in [2.05, 4.69) is 69.2 Å². The Morgan fingerprint density at radius 1 is 0.776 bits per heavy atom. The average Bonchev–Trinajstić information content (AvgIpc) is 3.69. The molecule has 0 spiro atoms. The van der Waals surface area contributed by atoms with E-state index in [1.54, 1.807) is 0 Å². The van der Waals surface area contributed by atoms with E-state index in [1.807, 2.05) is 70.0 Å². The Bertz CT molecular complexity index is 2190. The first kappa shape index (κ1) is 34.3. The largest absolute Gasteiger partial charge is 2.00 e. The molecule has 3 aromatic heterocycles. The minimum atomic E-state index is -0.350. The first-order valence-corrected chi connectivity index (χ1v) is 16.8. The molecule has 7 heteroatoms. The number of halogens is 1. The van der Waals surface area contributed by atoms with Gasteiger partial charge in [0.05, 0.1) is 6.20 Å². The molecule has 0 N–H and O–H groups in total. The van der Waals surface area contributed by atoms with Crippen molar-refractivity contribution in [1.82, 2.24) is 19.3 Å². The monoisotopic (exact) mass is 829 g/mol. The standard InChI is InChI=1S/C42H39FN4O.Pt/c1-28(2)15-17-30-9-7-10-31(18-16-29(3)4)42(30)32-26-45-46(27-32)34-11-8-12-35(24-34)48-36-19-20-38-37-13-5-6-14-39(37)47(40(38)25-36)41-23-33(43)21-22-44-41;/h5-14,19-23,26-29H,15-18H2,1-4H3;/q-2;+2. The third-order valence-corrected chi connectivity index (χ3v) is 8.80. The molecule has 0 fully saturated rings. The van der Waals surface area contributed by atoms with Gasteiger partial charge in [-0.2, -0.15) is 17.2 Å². The molecule has 7 rings (SSSR count). The summed E-state index contributed by atoms with van der Waals surface area (Å²) in [5, 5.41) is 6.79. The van der Waals surface area contributed by atoms with Crippen LogP contribution < -0.4 is 4.74 Å². The Balaban J connectivity index is 0.00000417. The van der Waals surface area contributed by atoms with Gasteiger partial charge in [-0.15, -0.1) is 35.7 Å². The van der Waals surface area contributed by atoms with Crippen molar-refractivity contribution in [2.24, 2.45) is 11.8 Å². The molecule has 0 atom stereocenters. The van der Waals surface area contributed by atoms with E-state index >= 15 is 0 Å². The molecule has 0 unspecified atom stereocenters. The van der Waals surface area contributed by atoms with Gasteiger partial charge >= 0.3 is 21.1 Å². The molecule has 49 heavy (non-hydrogen) atoms. The van der Waals surface area contributed by atoms with E-state index < -0.39 is 0 Å². The molecule has 250 valence electrons. The van der Waals surface area contributed by atoms with Crippen LogP contribution in [-0.2, 0) is 33.9 Å². The van der Waals surface area contributed by atoms with Crippen LogP contribution in [0.1, 0.15) is 51.7 Å². The number of nitrogens with zero attached hydrogens (tertiary/aromatic N) is 4. The van der Waals surface area contributed by atoms with Crippen LogP contribution in [0.4, 0.5) is 4.39 Å². The van der Waals surface area contributed by atoms with Crippen LogP contribution in [0.5, 0.6) is 11.5 Å². The Labute approximate surface area is 302 Å². The second kappa shape index (κ2) is 14.9. The fourth-order valence-corrected chi connectivity index (χ4v) is 6.35. The number of aromatic nitrogens is 4. The number of para-hydroxylation sites is 1. The summed E-state index contributed by atoms with van der Waals surface area (Å²) in [6, 6.07) is 34.1. The first-order valence-electron chi connectivity index (χ1n) is 16.8. The number of pyridine rings is 1. The molecule has 0 aliphatic rings. The summed E-state index contributed by atoms with van der Waals surface area (Å²) < 4.78 is 24.4. The van der Waals surface area contributed by atoms with Crippen LogP contribution >= 0.6 is 0 Å².